The van der Waals surface area contributed by atoms with Gasteiger partial charge in [-0.15, -0.1) is 0 Å². The Balaban J connectivity index is 1.52. The molecule has 2 aromatic carbocycles. The standard InChI is InChI=1S/C24H22N4O2/c1-17-19-10-5-6-11-20(19)24(30)28(25-17)16-22(29)27-15-14-26-13-7-12-21(26)23(27)18-8-3-2-4-9-18/h2-13,23H,14-16H2,1H3. The molecule has 1 amide bonds. The van der Waals surface area contributed by atoms with Crippen molar-refractivity contribution in [1.29, 1.82) is 0 Å². The zero-order chi connectivity index (χ0) is 20.7. The summed E-state index contributed by atoms with van der Waals surface area (Å²) in [5.41, 5.74) is 2.64. The Kier molecular flexibility index (Phi) is 4.47. The number of rotatable bonds is 3. The molecule has 0 spiro atoms. The van der Waals surface area contributed by atoms with Crippen LogP contribution in [0.2, 0.25) is 0 Å². The number of fused-ring (bicyclic) bond motifs is 2. The summed E-state index contributed by atoms with van der Waals surface area (Å²) in [5, 5.41) is 5.83. The molecule has 1 unspecified atom stereocenters. The van der Waals surface area contributed by atoms with Crippen molar-refractivity contribution < 1.29 is 4.79 Å². The molecule has 1 atom stereocenters. The van der Waals surface area contributed by atoms with Crippen LogP contribution in [0.5, 0.6) is 0 Å². The van der Waals surface area contributed by atoms with Crippen LogP contribution >= 0.6 is 0 Å². The van der Waals surface area contributed by atoms with Gasteiger partial charge in [-0.3, -0.25) is 9.59 Å². The van der Waals surface area contributed by atoms with Crippen LogP contribution in [-0.2, 0) is 17.9 Å². The lowest BCUT2D eigenvalue weighted by Gasteiger charge is -2.37. The molecule has 5 rings (SSSR count). The Morgan fingerprint density at radius 1 is 0.967 bits per heavy atom. The van der Waals surface area contributed by atoms with Crippen molar-refractivity contribution in [2.24, 2.45) is 0 Å². The predicted molar refractivity (Wildman–Crippen MR) is 115 cm³/mol. The molecule has 3 heterocycles. The molecule has 0 saturated heterocycles. The number of carbonyl (C=O) groups excluding carboxylic acids is 1. The van der Waals surface area contributed by atoms with Crippen LogP contribution in [0.4, 0.5) is 0 Å². The summed E-state index contributed by atoms with van der Waals surface area (Å²) in [6, 6.07) is 21.3. The van der Waals surface area contributed by atoms with Gasteiger partial charge in [-0.1, -0.05) is 48.5 Å². The number of amides is 1. The number of aryl methyl sites for hydroxylation is 1. The highest BCUT2D eigenvalue weighted by molar-refractivity contribution is 5.84. The zero-order valence-electron chi connectivity index (χ0n) is 16.7. The van der Waals surface area contributed by atoms with Gasteiger partial charge in [-0.2, -0.15) is 5.10 Å². The van der Waals surface area contributed by atoms with Crippen LogP contribution in [0.3, 0.4) is 0 Å². The molecule has 4 aromatic rings. The molecule has 0 radical (unpaired) electrons. The fraction of sp³-hybridized carbons (Fsp3) is 0.208. The van der Waals surface area contributed by atoms with Gasteiger partial charge in [0.1, 0.15) is 6.54 Å². The highest BCUT2D eigenvalue weighted by atomic mass is 16.2. The maximum Gasteiger partial charge on any atom is 0.275 e. The van der Waals surface area contributed by atoms with Crippen LogP contribution in [0.1, 0.15) is 23.0 Å². The van der Waals surface area contributed by atoms with E-state index in [0.29, 0.717) is 11.9 Å². The summed E-state index contributed by atoms with van der Waals surface area (Å²) >= 11 is 0. The average molecular weight is 398 g/mol. The smallest absolute Gasteiger partial charge is 0.275 e. The molecule has 1 aliphatic rings. The summed E-state index contributed by atoms with van der Waals surface area (Å²) < 4.78 is 3.49. The molecule has 30 heavy (non-hydrogen) atoms. The number of aromatic nitrogens is 3. The van der Waals surface area contributed by atoms with Crippen LogP contribution in [0.25, 0.3) is 10.8 Å². The minimum absolute atomic E-state index is 0.0749. The van der Waals surface area contributed by atoms with Gasteiger partial charge in [-0.05, 0) is 30.7 Å². The quantitative estimate of drug-likeness (QED) is 0.533. The van der Waals surface area contributed by atoms with E-state index in [4.69, 9.17) is 0 Å². The van der Waals surface area contributed by atoms with Gasteiger partial charge in [0.25, 0.3) is 5.56 Å². The zero-order valence-corrected chi connectivity index (χ0v) is 16.7. The number of benzene rings is 2. The summed E-state index contributed by atoms with van der Waals surface area (Å²) in [6.45, 7) is 3.11. The predicted octanol–water partition coefficient (Wildman–Crippen LogP) is 3.14. The SMILES string of the molecule is Cc1nn(CC(=O)N2CCn3cccc3C2c2ccccc2)c(=O)c2ccccc12. The largest absolute Gasteiger partial charge is 0.348 e. The van der Waals surface area contributed by atoms with Crippen LogP contribution in [0, 0.1) is 6.92 Å². The normalized spacial score (nSPS) is 15.9. The molecule has 0 saturated carbocycles. The molecule has 1 aliphatic heterocycles. The van der Waals surface area contributed by atoms with Gasteiger partial charge < -0.3 is 9.47 Å². The molecular weight excluding hydrogens is 376 g/mol. The Labute approximate surface area is 174 Å². The van der Waals surface area contributed by atoms with E-state index >= 15 is 0 Å². The lowest BCUT2D eigenvalue weighted by Crippen LogP contribution is -2.45. The van der Waals surface area contributed by atoms with Crippen LogP contribution in [0.15, 0.2) is 77.7 Å². The molecule has 0 fully saturated rings. The van der Waals surface area contributed by atoms with Crippen molar-refractivity contribution in [2.45, 2.75) is 26.1 Å². The molecule has 6 heteroatoms. The van der Waals surface area contributed by atoms with Crippen molar-refractivity contribution in [3.05, 3.63) is 100 Å². The summed E-state index contributed by atoms with van der Waals surface area (Å²) in [6.07, 6.45) is 2.05. The van der Waals surface area contributed by atoms with Gasteiger partial charge in [0, 0.05) is 30.4 Å². The second-order valence-electron chi connectivity index (χ2n) is 7.62. The van der Waals surface area contributed by atoms with E-state index in [1.165, 1.54) is 4.68 Å². The minimum atomic E-state index is -0.235. The van der Waals surface area contributed by atoms with E-state index in [1.54, 1.807) is 6.07 Å². The van der Waals surface area contributed by atoms with Gasteiger partial charge in [0.2, 0.25) is 5.91 Å². The third-order valence-electron chi connectivity index (χ3n) is 5.81. The van der Waals surface area contributed by atoms with Gasteiger partial charge >= 0.3 is 0 Å². The number of nitrogens with zero attached hydrogens (tertiary/aromatic N) is 4. The first kappa shape index (κ1) is 18.4. The molecule has 6 nitrogen and oxygen atoms in total. The number of carbonyl (C=O) groups is 1. The second kappa shape index (κ2) is 7.30. The van der Waals surface area contributed by atoms with Crippen LogP contribution < -0.4 is 5.56 Å². The van der Waals surface area contributed by atoms with E-state index < -0.39 is 0 Å². The Morgan fingerprint density at radius 3 is 2.50 bits per heavy atom. The Morgan fingerprint density at radius 2 is 1.70 bits per heavy atom. The molecule has 2 aromatic heterocycles. The third kappa shape index (κ3) is 3.01. The first-order valence-corrected chi connectivity index (χ1v) is 10.1. The van der Waals surface area contributed by atoms with Crippen molar-refractivity contribution >= 4 is 16.7 Å². The number of hydrogen-bond acceptors (Lipinski definition) is 3. The maximum atomic E-state index is 13.4. The van der Waals surface area contributed by atoms with Crippen molar-refractivity contribution in [3.8, 4) is 0 Å². The molecule has 0 bridgehead atoms. The highest BCUT2D eigenvalue weighted by Gasteiger charge is 2.32. The van der Waals surface area contributed by atoms with Gasteiger partial charge in [-0.25, -0.2) is 4.68 Å². The summed E-state index contributed by atoms with van der Waals surface area (Å²) in [7, 11) is 0. The van der Waals surface area contributed by atoms with Crippen molar-refractivity contribution in [2.75, 3.05) is 6.54 Å². The van der Waals surface area contributed by atoms with E-state index in [1.807, 2.05) is 72.6 Å². The summed E-state index contributed by atoms with van der Waals surface area (Å²) in [5.74, 6) is -0.111. The van der Waals surface area contributed by atoms with E-state index in [9.17, 15) is 9.59 Å². The fourth-order valence-corrected chi connectivity index (χ4v) is 4.37. The second-order valence-corrected chi connectivity index (χ2v) is 7.62. The first-order chi connectivity index (χ1) is 14.6. The summed E-state index contributed by atoms with van der Waals surface area (Å²) in [4.78, 5) is 28.2. The monoisotopic (exact) mass is 398 g/mol. The van der Waals surface area contributed by atoms with Crippen LogP contribution in [-0.4, -0.2) is 31.7 Å². The third-order valence-corrected chi connectivity index (χ3v) is 5.81. The molecule has 0 aliphatic carbocycles. The Hall–Kier alpha value is -3.67. The number of hydrogen-bond donors (Lipinski definition) is 0. The topological polar surface area (TPSA) is 60.1 Å². The average Bonchev–Trinajstić information content (AvgIpc) is 3.26. The van der Waals surface area contributed by atoms with Crippen molar-refractivity contribution in [3.63, 3.8) is 0 Å². The van der Waals surface area contributed by atoms with Gasteiger partial charge in [0.05, 0.1) is 17.1 Å². The maximum absolute atomic E-state index is 13.4. The molecular formula is C24H22N4O2. The lowest BCUT2D eigenvalue weighted by molar-refractivity contribution is -0.134. The lowest BCUT2D eigenvalue weighted by atomic mass is 10.00. The van der Waals surface area contributed by atoms with E-state index in [0.717, 1.165) is 28.9 Å². The Bertz CT molecular complexity index is 1290. The first-order valence-electron chi connectivity index (χ1n) is 10.1. The molecule has 150 valence electrons. The highest BCUT2D eigenvalue weighted by Crippen LogP contribution is 2.32. The minimum Gasteiger partial charge on any atom is -0.348 e. The van der Waals surface area contributed by atoms with E-state index in [-0.39, 0.29) is 24.1 Å². The molecule has 0 N–H and O–H groups in total. The van der Waals surface area contributed by atoms with Gasteiger partial charge in [0.15, 0.2) is 0 Å². The van der Waals surface area contributed by atoms with Crippen molar-refractivity contribution in [1.82, 2.24) is 19.2 Å². The van der Waals surface area contributed by atoms with E-state index in [2.05, 4.69) is 15.7 Å². The fourth-order valence-electron chi connectivity index (χ4n) is 4.37.